The van der Waals surface area contributed by atoms with Crippen LogP contribution in [0.5, 0.6) is 0 Å². The first-order valence-electron chi connectivity index (χ1n) is 4.15. The second kappa shape index (κ2) is 2.98. The van der Waals surface area contributed by atoms with Gasteiger partial charge in [0.25, 0.3) is 0 Å². The van der Waals surface area contributed by atoms with E-state index >= 15 is 0 Å². The Morgan fingerprint density at radius 2 is 2.27 bits per heavy atom. The number of rotatable bonds is 1. The predicted molar refractivity (Wildman–Crippen MR) is 61.7 cm³/mol. The molecule has 15 heavy (non-hydrogen) atoms. The fourth-order valence-electron chi connectivity index (χ4n) is 1.55. The Morgan fingerprint density at radius 1 is 1.40 bits per heavy atom. The average Bonchev–Trinajstić information content (AvgIpc) is 2.82. The third kappa shape index (κ3) is 1.15. The van der Waals surface area contributed by atoms with E-state index in [1.165, 1.54) is 11.3 Å². The highest BCUT2D eigenvalue weighted by molar-refractivity contribution is 7.20. The number of pyridine rings is 1. The summed E-state index contributed by atoms with van der Waals surface area (Å²) in [6.45, 7) is 0. The summed E-state index contributed by atoms with van der Waals surface area (Å²) in [4.78, 5) is 14.8. The van der Waals surface area contributed by atoms with Gasteiger partial charge >= 0.3 is 5.00 Å². The van der Waals surface area contributed by atoms with Gasteiger partial charge in [0.2, 0.25) is 0 Å². The molecule has 0 spiro atoms. The second-order valence-electron chi connectivity index (χ2n) is 3.02. The van der Waals surface area contributed by atoms with Gasteiger partial charge in [-0.3, -0.25) is 15.1 Å². The largest absolute Gasteiger partial charge is 0.333 e. The molecular weight excluding hydrogens is 232 g/mol. The van der Waals surface area contributed by atoms with E-state index in [1.54, 1.807) is 11.6 Å². The zero-order valence-electron chi connectivity index (χ0n) is 7.34. The molecule has 0 atom stereocenters. The lowest BCUT2D eigenvalue weighted by Gasteiger charge is -1.91. The van der Waals surface area contributed by atoms with E-state index < -0.39 is 0 Å². The minimum absolute atomic E-state index is 0.208. The molecule has 3 aromatic rings. The van der Waals surface area contributed by atoms with Crippen LogP contribution in [0.3, 0.4) is 0 Å². The quantitative estimate of drug-likeness (QED) is 0.480. The maximum absolute atomic E-state index is 10.8. The first-order chi connectivity index (χ1) is 7.27. The molecule has 0 radical (unpaired) electrons. The van der Waals surface area contributed by atoms with Gasteiger partial charge in [0.15, 0.2) is 0 Å². The SMILES string of the molecule is O=[N+]([O-])c1scc2cnc3ccsc3c12. The van der Waals surface area contributed by atoms with Gasteiger partial charge in [0.1, 0.15) is 0 Å². The fraction of sp³-hybridized carbons (Fsp3) is 0. The first-order valence-corrected chi connectivity index (χ1v) is 5.91. The Bertz CT molecular complexity index is 671. The van der Waals surface area contributed by atoms with Crippen LogP contribution in [0.15, 0.2) is 23.0 Å². The molecule has 3 heterocycles. The van der Waals surface area contributed by atoms with Gasteiger partial charge in [-0.2, -0.15) is 0 Å². The molecule has 0 bridgehead atoms. The van der Waals surface area contributed by atoms with Crippen molar-refractivity contribution in [1.29, 1.82) is 0 Å². The lowest BCUT2D eigenvalue weighted by atomic mass is 10.2. The van der Waals surface area contributed by atoms with Crippen molar-refractivity contribution in [3.8, 4) is 0 Å². The third-order valence-corrected chi connectivity index (χ3v) is 4.05. The summed E-state index contributed by atoms with van der Waals surface area (Å²) < 4.78 is 0.903. The molecule has 0 aromatic carbocycles. The second-order valence-corrected chi connectivity index (χ2v) is 4.80. The number of hydrogen-bond acceptors (Lipinski definition) is 5. The molecule has 0 fully saturated rings. The first kappa shape index (κ1) is 8.75. The van der Waals surface area contributed by atoms with Crippen LogP contribution < -0.4 is 0 Å². The van der Waals surface area contributed by atoms with Crippen LogP contribution in [0.25, 0.3) is 21.0 Å². The number of fused-ring (bicyclic) bond motifs is 3. The van der Waals surface area contributed by atoms with Crippen molar-refractivity contribution in [1.82, 2.24) is 4.98 Å². The van der Waals surface area contributed by atoms with Crippen LogP contribution in [0.2, 0.25) is 0 Å². The molecule has 3 rings (SSSR count). The van der Waals surface area contributed by atoms with E-state index in [0.717, 1.165) is 32.3 Å². The molecule has 4 nitrogen and oxygen atoms in total. The highest BCUT2D eigenvalue weighted by atomic mass is 32.1. The van der Waals surface area contributed by atoms with Crippen LogP contribution in [0.1, 0.15) is 0 Å². The van der Waals surface area contributed by atoms with Crippen molar-refractivity contribution >= 4 is 48.7 Å². The molecule has 6 heteroatoms. The molecule has 74 valence electrons. The molecule has 3 aromatic heterocycles. The van der Waals surface area contributed by atoms with E-state index in [2.05, 4.69) is 4.98 Å². The lowest BCUT2D eigenvalue weighted by molar-refractivity contribution is -0.378. The standard InChI is InChI=1S/C9H4N2O2S2/c12-11(13)9-7-5(4-15-9)3-10-6-1-2-14-8(6)7/h1-4H. The van der Waals surface area contributed by atoms with Crippen LogP contribution >= 0.6 is 22.7 Å². The summed E-state index contributed by atoms with van der Waals surface area (Å²) >= 11 is 2.65. The molecule has 0 aliphatic heterocycles. The van der Waals surface area contributed by atoms with E-state index in [9.17, 15) is 10.1 Å². The fourth-order valence-corrected chi connectivity index (χ4v) is 3.36. The van der Waals surface area contributed by atoms with Gasteiger partial charge in [-0.05, 0) is 11.4 Å². The lowest BCUT2D eigenvalue weighted by Crippen LogP contribution is -1.84. The van der Waals surface area contributed by atoms with Crippen molar-refractivity contribution in [2.75, 3.05) is 0 Å². The maximum Gasteiger partial charge on any atom is 0.333 e. The van der Waals surface area contributed by atoms with E-state index in [1.807, 2.05) is 11.4 Å². The van der Waals surface area contributed by atoms with E-state index in [0.29, 0.717) is 0 Å². The van der Waals surface area contributed by atoms with Crippen LogP contribution in [0, 0.1) is 10.1 Å². The summed E-state index contributed by atoms with van der Waals surface area (Å²) in [5, 5.41) is 16.3. The number of hydrogen-bond donors (Lipinski definition) is 0. The van der Waals surface area contributed by atoms with Gasteiger partial charge in [-0.1, -0.05) is 11.3 Å². The summed E-state index contributed by atoms with van der Waals surface area (Å²) in [5.74, 6) is 0. The monoisotopic (exact) mass is 236 g/mol. The van der Waals surface area contributed by atoms with Crippen LogP contribution in [-0.2, 0) is 0 Å². The van der Waals surface area contributed by atoms with Gasteiger partial charge in [0.05, 0.1) is 20.5 Å². The van der Waals surface area contributed by atoms with Crippen molar-refractivity contribution in [2.24, 2.45) is 0 Å². The molecule has 0 aliphatic rings. The Labute approximate surface area is 91.9 Å². The maximum atomic E-state index is 10.8. The Morgan fingerprint density at radius 3 is 3.07 bits per heavy atom. The van der Waals surface area contributed by atoms with Crippen LogP contribution in [-0.4, -0.2) is 9.91 Å². The zero-order valence-corrected chi connectivity index (χ0v) is 8.97. The molecule has 0 aliphatic carbocycles. The van der Waals surface area contributed by atoms with Crippen molar-refractivity contribution in [3.05, 3.63) is 33.1 Å². The summed E-state index contributed by atoms with van der Waals surface area (Å²) in [6.07, 6.45) is 1.69. The van der Waals surface area contributed by atoms with Crippen LogP contribution in [0.4, 0.5) is 5.00 Å². The minimum atomic E-state index is -0.327. The van der Waals surface area contributed by atoms with Crippen molar-refractivity contribution < 1.29 is 4.92 Å². The topological polar surface area (TPSA) is 56.0 Å². The summed E-state index contributed by atoms with van der Waals surface area (Å²) in [6, 6.07) is 1.88. The van der Waals surface area contributed by atoms with Crippen molar-refractivity contribution in [3.63, 3.8) is 0 Å². The highest BCUT2D eigenvalue weighted by Crippen LogP contribution is 2.38. The summed E-state index contributed by atoms with van der Waals surface area (Å²) in [7, 11) is 0. The van der Waals surface area contributed by atoms with Gasteiger partial charge in [-0.25, -0.2) is 0 Å². The molecule has 0 saturated heterocycles. The Hall–Kier alpha value is -1.53. The highest BCUT2D eigenvalue weighted by Gasteiger charge is 2.18. The number of nitrogens with zero attached hydrogens (tertiary/aromatic N) is 2. The minimum Gasteiger partial charge on any atom is -0.258 e. The van der Waals surface area contributed by atoms with Gasteiger partial charge < -0.3 is 0 Å². The summed E-state index contributed by atoms with van der Waals surface area (Å²) in [5.41, 5.74) is 0.828. The molecule has 0 unspecified atom stereocenters. The molecule has 0 saturated carbocycles. The Kier molecular flexibility index (Phi) is 1.74. The Balaban J connectivity index is 2.57. The molecular formula is C9H4N2O2S2. The average molecular weight is 236 g/mol. The smallest absolute Gasteiger partial charge is 0.258 e. The predicted octanol–water partition coefficient (Wildman–Crippen LogP) is 3.42. The molecule has 0 amide bonds. The van der Waals surface area contributed by atoms with E-state index in [4.69, 9.17) is 0 Å². The number of aromatic nitrogens is 1. The molecule has 0 N–H and O–H groups in total. The van der Waals surface area contributed by atoms with Crippen molar-refractivity contribution in [2.45, 2.75) is 0 Å². The van der Waals surface area contributed by atoms with Gasteiger partial charge in [-0.15, -0.1) is 11.3 Å². The van der Waals surface area contributed by atoms with Gasteiger partial charge in [0, 0.05) is 17.0 Å². The number of nitro groups is 1. The van der Waals surface area contributed by atoms with E-state index in [-0.39, 0.29) is 9.92 Å². The normalized spacial score (nSPS) is 11.2. The number of thiophene rings is 2. The third-order valence-electron chi connectivity index (χ3n) is 2.18. The zero-order chi connectivity index (χ0) is 10.4.